The largest absolute Gasteiger partial charge is 0.326 e. The van der Waals surface area contributed by atoms with E-state index in [2.05, 4.69) is 34.0 Å². The molecule has 0 bridgehead atoms. The third kappa shape index (κ3) is 2.65. The number of amides is 3. The number of nitrogens with zero attached hydrogens (tertiary/aromatic N) is 2. The Morgan fingerprint density at radius 1 is 1.29 bits per heavy atom. The fraction of sp³-hybridized carbons (Fsp3) is 0.667. The maximum absolute atomic E-state index is 13.0. The van der Waals surface area contributed by atoms with E-state index in [-0.39, 0.29) is 11.9 Å². The molecular formula is C18H25N3O2S. The Kier molecular flexibility index (Phi) is 4.12. The van der Waals surface area contributed by atoms with Crippen LogP contribution in [0.4, 0.5) is 4.79 Å². The summed E-state index contributed by atoms with van der Waals surface area (Å²) in [5.41, 5.74) is 0.687. The topological polar surface area (TPSA) is 52.7 Å². The molecule has 130 valence electrons. The summed E-state index contributed by atoms with van der Waals surface area (Å²) in [7, 11) is 0. The summed E-state index contributed by atoms with van der Waals surface area (Å²) in [6, 6.07) is 2.29. The maximum atomic E-state index is 13.0. The Bertz CT molecular complexity index is 622. The van der Waals surface area contributed by atoms with Gasteiger partial charge in [-0.1, -0.05) is 6.92 Å². The van der Waals surface area contributed by atoms with Gasteiger partial charge in [-0.05, 0) is 66.8 Å². The van der Waals surface area contributed by atoms with E-state index in [0.717, 1.165) is 45.1 Å². The molecule has 1 aromatic rings. The molecule has 24 heavy (non-hydrogen) atoms. The molecule has 3 amide bonds. The molecule has 1 spiro atoms. The van der Waals surface area contributed by atoms with Crippen molar-refractivity contribution in [2.75, 3.05) is 13.2 Å². The fourth-order valence-electron chi connectivity index (χ4n) is 4.42. The molecule has 3 fully saturated rings. The smallest absolute Gasteiger partial charge is 0.323 e. The summed E-state index contributed by atoms with van der Waals surface area (Å²) in [4.78, 5) is 29.2. The number of hydrogen-bond donors (Lipinski definition) is 1. The van der Waals surface area contributed by atoms with Crippen LogP contribution >= 0.6 is 11.3 Å². The van der Waals surface area contributed by atoms with Crippen LogP contribution in [0.5, 0.6) is 0 Å². The first-order chi connectivity index (χ1) is 11.6. The predicted molar refractivity (Wildman–Crippen MR) is 93.6 cm³/mol. The summed E-state index contributed by atoms with van der Waals surface area (Å²) in [5, 5.41) is 7.30. The van der Waals surface area contributed by atoms with Crippen LogP contribution in [0, 0.1) is 5.92 Å². The maximum Gasteiger partial charge on any atom is 0.326 e. The number of rotatable bonds is 3. The summed E-state index contributed by atoms with van der Waals surface area (Å²) in [6.45, 7) is 3.59. The van der Waals surface area contributed by atoms with E-state index >= 15 is 0 Å². The Labute approximate surface area is 147 Å². The standard InChI is InChI=1S/C18H25N3O2S/c1-13-4-7-18(8-5-13)16(22)21(17(23)19-18)12-20-9-2-3-15(20)14-6-10-24-11-14/h6,10-11,13,15H,2-5,7-9,12H2,1H3,(H,19,23). The highest BCUT2D eigenvalue weighted by molar-refractivity contribution is 7.07. The lowest BCUT2D eigenvalue weighted by atomic mass is 9.77. The molecule has 1 N–H and O–H groups in total. The second kappa shape index (κ2) is 6.15. The lowest BCUT2D eigenvalue weighted by molar-refractivity contribution is -0.134. The quantitative estimate of drug-likeness (QED) is 0.853. The van der Waals surface area contributed by atoms with E-state index in [1.165, 1.54) is 10.5 Å². The number of likely N-dealkylation sites (tertiary alicyclic amines) is 1. The van der Waals surface area contributed by atoms with Gasteiger partial charge in [-0.15, -0.1) is 0 Å². The number of thiophene rings is 1. The molecule has 5 nitrogen and oxygen atoms in total. The van der Waals surface area contributed by atoms with Crippen molar-refractivity contribution in [3.05, 3.63) is 22.4 Å². The lowest BCUT2D eigenvalue weighted by Gasteiger charge is -2.34. The molecular weight excluding hydrogens is 322 g/mol. The number of hydrogen-bond acceptors (Lipinski definition) is 4. The van der Waals surface area contributed by atoms with Gasteiger partial charge < -0.3 is 5.32 Å². The van der Waals surface area contributed by atoms with E-state index in [1.54, 1.807) is 11.3 Å². The van der Waals surface area contributed by atoms with Gasteiger partial charge in [0.25, 0.3) is 5.91 Å². The minimum atomic E-state index is -0.624. The first-order valence-electron chi connectivity index (χ1n) is 8.99. The predicted octanol–water partition coefficient (Wildman–Crippen LogP) is 3.34. The molecule has 3 heterocycles. The highest BCUT2D eigenvalue weighted by Gasteiger charge is 2.52. The van der Waals surface area contributed by atoms with Crippen LogP contribution in [0.1, 0.15) is 57.1 Å². The molecule has 6 heteroatoms. The van der Waals surface area contributed by atoms with Crippen LogP contribution in [0.3, 0.4) is 0 Å². The van der Waals surface area contributed by atoms with Gasteiger partial charge in [0.1, 0.15) is 5.54 Å². The Morgan fingerprint density at radius 3 is 2.79 bits per heavy atom. The average molecular weight is 347 g/mol. The van der Waals surface area contributed by atoms with Crippen LogP contribution in [0.2, 0.25) is 0 Å². The van der Waals surface area contributed by atoms with Crippen molar-refractivity contribution in [3.8, 4) is 0 Å². The van der Waals surface area contributed by atoms with Gasteiger partial charge in [-0.2, -0.15) is 11.3 Å². The Hall–Kier alpha value is -1.40. The van der Waals surface area contributed by atoms with E-state index < -0.39 is 5.54 Å². The highest BCUT2D eigenvalue weighted by Crippen LogP contribution is 2.38. The number of imide groups is 1. The van der Waals surface area contributed by atoms with Crippen LogP contribution in [0.25, 0.3) is 0 Å². The zero-order chi connectivity index (χ0) is 16.7. The molecule has 0 aromatic carbocycles. The molecule has 1 atom stereocenters. The number of urea groups is 1. The molecule has 0 radical (unpaired) electrons. The zero-order valence-electron chi connectivity index (χ0n) is 14.2. The summed E-state index contributed by atoms with van der Waals surface area (Å²) in [6.07, 6.45) is 5.81. The van der Waals surface area contributed by atoms with E-state index in [0.29, 0.717) is 18.6 Å². The number of nitrogens with one attached hydrogen (secondary N) is 1. The highest BCUT2D eigenvalue weighted by atomic mass is 32.1. The monoisotopic (exact) mass is 347 g/mol. The molecule has 4 rings (SSSR count). The third-order valence-corrected chi connectivity index (χ3v) is 6.69. The molecule has 2 aliphatic heterocycles. The second-order valence-electron chi connectivity index (χ2n) is 7.60. The van der Waals surface area contributed by atoms with Crippen molar-refractivity contribution in [2.24, 2.45) is 5.92 Å². The molecule has 1 aliphatic carbocycles. The van der Waals surface area contributed by atoms with Gasteiger partial charge in [0, 0.05) is 12.6 Å². The minimum absolute atomic E-state index is 0.00429. The van der Waals surface area contributed by atoms with Gasteiger partial charge >= 0.3 is 6.03 Å². The summed E-state index contributed by atoms with van der Waals surface area (Å²) < 4.78 is 0. The van der Waals surface area contributed by atoms with E-state index in [9.17, 15) is 9.59 Å². The van der Waals surface area contributed by atoms with Gasteiger partial charge in [-0.25, -0.2) is 9.69 Å². The molecule has 1 unspecified atom stereocenters. The van der Waals surface area contributed by atoms with Crippen molar-refractivity contribution < 1.29 is 9.59 Å². The van der Waals surface area contributed by atoms with Gasteiger partial charge in [0.15, 0.2) is 0 Å². The third-order valence-electron chi connectivity index (χ3n) is 5.99. The molecule has 1 saturated carbocycles. The normalized spacial score (nSPS) is 34.3. The summed E-state index contributed by atoms with van der Waals surface area (Å²) >= 11 is 1.70. The van der Waals surface area contributed by atoms with Crippen molar-refractivity contribution in [2.45, 2.75) is 57.0 Å². The molecule has 2 saturated heterocycles. The fourth-order valence-corrected chi connectivity index (χ4v) is 5.12. The van der Waals surface area contributed by atoms with Crippen molar-refractivity contribution in [3.63, 3.8) is 0 Å². The van der Waals surface area contributed by atoms with Crippen LogP contribution in [-0.4, -0.2) is 40.5 Å². The second-order valence-corrected chi connectivity index (χ2v) is 8.38. The van der Waals surface area contributed by atoms with Gasteiger partial charge in [-0.3, -0.25) is 9.69 Å². The van der Waals surface area contributed by atoms with Crippen molar-refractivity contribution >= 4 is 23.3 Å². The Morgan fingerprint density at radius 2 is 2.08 bits per heavy atom. The van der Waals surface area contributed by atoms with Gasteiger partial charge in [0.2, 0.25) is 0 Å². The molecule has 1 aromatic heterocycles. The lowest BCUT2D eigenvalue weighted by Crippen LogP contribution is -2.50. The molecule has 3 aliphatic rings. The zero-order valence-corrected chi connectivity index (χ0v) is 15.0. The van der Waals surface area contributed by atoms with Crippen LogP contribution in [0.15, 0.2) is 16.8 Å². The van der Waals surface area contributed by atoms with Crippen molar-refractivity contribution in [1.29, 1.82) is 0 Å². The average Bonchev–Trinajstić information content (AvgIpc) is 3.28. The Balaban J connectivity index is 1.48. The first kappa shape index (κ1) is 16.1. The summed E-state index contributed by atoms with van der Waals surface area (Å²) in [5.74, 6) is 0.645. The SMILES string of the molecule is CC1CCC2(CC1)NC(=O)N(CN1CCCC1c1ccsc1)C2=O. The van der Waals surface area contributed by atoms with Crippen LogP contribution < -0.4 is 5.32 Å². The minimum Gasteiger partial charge on any atom is -0.323 e. The van der Waals surface area contributed by atoms with Crippen molar-refractivity contribution in [1.82, 2.24) is 15.1 Å². The van der Waals surface area contributed by atoms with E-state index in [4.69, 9.17) is 0 Å². The van der Waals surface area contributed by atoms with E-state index in [1.807, 2.05) is 0 Å². The first-order valence-corrected chi connectivity index (χ1v) is 9.94. The number of carbonyl (C=O) groups is 2. The number of carbonyl (C=O) groups excluding carboxylic acids is 2. The van der Waals surface area contributed by atoms with Gasteiger partial charge in [0.05, 0.1) is 6.67 Å². The van der Waals surface area contributed by atoms with Crippen LogP contribution in [-0.2, 0) is 4.79 Å².